The quantitative estimate of drug-likeness (QED) is 0.756. The van der Waals surface area contributed by atoms with Gasteiger partial charge in [-0.25, -0.2) is 13.1 Å². The normalized spacial score (nSPS) is 13.0. The van der Waals surface area contributed by atoms with Crippen LogP contribution >= 0.6 is 0 Å². The van der Waals surface area contributed by atoms with Crippen LogP contribution in [0.4, 0.5) is 0 Å². The summed E-state index contributed by atoms with van der Waals surface area (Å²) in [5.74, 6) is 0.393. The van der Waals surface area contributed by atoms with Crippen molar-refractivity contribution in [3.63, 3.8) is 0 Å². The second kappa shape index (κ2) is 8.64. The van der Waals surface area contributed by atoms with Crippen molar-refractivity contribution in [1.29, 1.82) is 0 Å². The number of carbonyl (C=O) groups excluding carboxylic acids is 1. The van der Waals surface area contributed by atoms with Gasteiger partial charge >= 0.3 is 0 Å². The Hall–Kier alpha value is -2.38. The number of rotatable bonds is 8. The first-order valence-corrected chi connectivity index (χ1v) is 9.47. The lowest BCUT2D eigenvalue weighted by atomic mass is 10.2. The number of aryl methyl sites for hydroxylation is 1. The molecule has 0 unspecified atom stereocenters. The summed E-state index contributed by atoms with van der Waals surface area (Å²) in [5.41, 5.74) is 1.90. The van der Waals surface area contributed by atoms with Crippen molar-refractivity contribution < 1.29 is 17.6 Å². The minimum absolute atomic E-state index is 0.0251. The zero-order chi connectivity index (χ0) is 18.3. The molecule has 0 aliphatic heterocycles. The molecule has 1 aromatic carbocycles. The maximum Gasteiger partial charge on any atom is 0.233 e. The van der Waals surface area contributed by atoms with Crippen molar-refractivity contribution in [2.45, 2.75) is 26.3 Å². The van der Waals surface area contributed by atoms with E-state index in [0.29, 0.717) is 5.76 Å². The monoisotopic (exact) mass is 362 g/mol. The van der Waals surface area contributed by atoms with Crippen molar-refractivity contribution in [2.75, 3.05) is 6.54 Å². The fourth-order valence-corrected chi connectivity index (χ4v) is 2.94. The third-order valence-corrected chi connectivity index (χ3v) is 4.62. The number of sulfonamides is 1. The van der Waals surface area contributed by atoms with Crippen molar-refractivity contribution in [3.8, 4) is 0 Å². The Bertz CT molecular complexity index is 809. The predicted octanol–water partition coefficient (Wildman–Crippen LogP) is 2.75. The predicted molar refractivity (Wildman–Crippen MR) is 97.0 cm³/mol. The molecule has 0 radical (unpaired) electrons. The molecule has 0 saturated heterocycles. The average molecular weight is 362 g/mol. The first-order chi connectivity index (χ1) is 11.9. The average Bonchev–Trinajstić information content (AvgIpc) is 3.09. The standard InChI is InChI=1S/C18H22N2O4S/c1-14-5-7-16(8-6-14)10-13-25(22,23)19-11-9-18(21)20-15(2)17-4-3-12-24-17/h3-8,10,12-13,15,19H,9,11H2,1-2H3,(H,20,21)/b13-10+/t15-/m0/s1. The molecule has 25 heavy (non-hydrogen) atoms. The van der Waals surface area contributed by atoms with Crippen LogP contribution in [0.3, 0.4) is 0 Å². The Morgan fingerprint density at radius 3 is 2.60 bits per heavy atom. The van der Waals surface area contributed by atoms with Crippen LogP contribution in [0.2, 0.25) is 0 Å². The molecule has 7 heteroatoms. The minimum atomic E-state index is -3.59. The van der Waals surface area contributed by atoms with E-state index in [1.165, 1.54) is 12.3 Å². The van der Waals surface area contributed by atoms with Crippen LogP contribution in [0, 0.1) is 6.92 Å². The van der Waals surface area contributed by atoms with Crippen LogP contribution in [-0.4, -0.2) is 20.9 Å². The van der Waals surface area contributed by atoms with Gasteiger partial charge in [-0.3, -0.25) is 4.79 Å². The first kappa shape index (κ1) is 19.0. The van der Waals surface area contributed by atoms with Gasteiger partial charge in [-0.2, -0.15) is 0 Å². The van der Waals surface area contributed by atoms with Crippen LogP contribution < -0.4 is 10.0 Å². The Labute approximate surface area is 148 Å². The smallest absolute Gasteiger partial charge is 0.233 e. The summed E-state index contributed by atoms with van der Waals surface area (Å²) >= 11 is 0. The number of carbonyl (C=O) groups is 1. The van der Waals surface area contributed by atoms with E-state index < -0.39 is 10.0 Å². The lowest BCUT2D eigenvalue weighted by molar-refractivity contribution is -0.121. The molecule has 134 valence electrons. The fraction of sp³-hybridized carbons (Fsp3) is 0.278. The zero-order valence-electron chi connectivity index (χ0n) is 14.2. The fourth-order valence-electron chi connectivity index (χ4n) is 2.12. The molecule has 1 atom stereocenters. The molecule has 6 nitrogen and oxygen atoms in total. The van der Waals surface area contributed by atoms with Gasteiger partial charge in [0.2, 0.25) is 15.9 Å². The third-order valence-electron chi connectivity index (χ3n) is 3.52. The number of benzene rings is 1. The maximum atomic E-state index is 11.9. The number of nitrogens with one attached hydrogen (secondary N) is 2. The molecule has 2 rings (SSSR count). The molecular formula is C18H22N2O4S. The number of furan rings is 1. The van der Waals surface area contributed by atoms with Crippen LogP contribution in [-0.2, 0) is 14.8 Å². The van der Waals surface area contributed by atoms with E-state index in [0.717, 1.165) is 16.5 Å². The van der Waals surface area contributed by atoms with Gasteiger partial charge in [0, 0.05) is 18.4 Å². The summed E-state index contributed by atoms with van der Waals surface area (Å²) in [4.78, 5) is 11.8. The zero-order valence-corrected chi connectivity index (χ0v) is 15.0. The van der Waals surface area contributed by atoms with Gasteiger partial charge in [0.25, 0.3) is 0 Å². The second-order valence-electron chi connectivity index (χ2n) is 5.71. The highest BCUT2D eigenvalue weighted by Crippen LogP contribution is 2.12. The highest BCUT2D eigenvalue weighted by Gasteiger charge is 2.12. The molecule has 2 N–H and O–H groups in total. The second-order valence-corrected chi connectivity index (χ2v) is 7.36. The Kier molecular flexibility index (Phi) is 6.55. The van der Waals surface area contributed by atoms with Crippen molar-refractivity contribution in [3.05, 3.63) is 65.0 Å². The minimum Gasteiger partial charge on any atom is -0.467 e. The summed E-state index contributed by atoms with van der Waals surface area (Å²) in [6.45, 7) is 3.78. The van der Waals surface area contributed by atoms with E-state index in [1.807, 2.05) is 31.2 Å². The van der Waals surface area contributed by atoms with Crippen LogP contribution in [0.5, 0.6) is 0 Å². The summed E-state index contributed by atoms with van der Waals surface area (Å²) < 4.78 is 31.4. The molecule has 1 aromatic heterocycles. The highest BCUT2D eigenvalue weighted by molar-refractivity contribution is 7.92. The maximum absolute atomic E-state index is 11.9. The van der Waals surface area contributed by atoms with Crippen molar-refractivity contribution in [2.24, 2.45) is 0 Å². The Morgan fingerprint density at radius 1 is 1.24 bits per heavy atom. The topological polar surface area (TPSA) is 88.4 Å². The van der Waals surface area contributed by atoms with Crippen LogP contribution in [0.1, 0.15) is 36.3 Å². The summed E-state index contributed by atoms with van der Waals surface area (Å²) in [5, 5.41) is 3.84. The third kappa shape index (κ3) is 6.56. The molecule has 1 heterocycles. The number of hydrogen-bond acceptors (Lipinski definition) is 4. The van der Waals surface area contributed by atoms with Crippen molar-refractivity contribution in [1.82, 2.24) is 10.0 Å². The van der Waals surface area contributed by atoms with Gasteiger partial charge in [0.15, 0.2) is 0 Å². The summed E-state index contributed by atoms with van der Waals surface area (Å²) in [6, 6.07) is 10.7. The van der Waals surface area contributed by atoms with E-state index in [9.17, 15) is 13.2 Å². The van der Waals surface area contributed by atoms with Gasteiger partial charge in [0.1, 0.15) is 5.76 Å². The largest absolute Gasteiger partial charge is 0.467 e. The molecule has 1 amide bonds. The molecule has 0 aliphatic carbocycles. The lowest BCUT2D eigenvalue weighted by Crippen LogP contribution is -2.31. The Morgan fingerprint density at radius 2 is 1.96 bits per heavy atom. The van der Waals surface area contributed by atoms with E-state index in [2.05, 4.69) is 10.0 Å². The van der Waals surface area contributed by atoms with E-state index in [-0.39, 0.29) is 24.9 Å². The molecule has 0 aliphatic rings. The molecule has 2 aromatic rings. The van der Waals surface area contributed by atoms with Crippen LogP contribution in [0.15, 0.2) is 52.5 Å². The Balaban J connectivity index is 1.77. The van der Waals surface area contributed by atoms with Crippen molar-refractivity contribution >= 4 is 22.0 Å². The number of hydrogen-bond donors (Lipinski definition) is 2. The van der Waals surface area contributed by atoms with Gasteiger partial charge in [0.05, 0.1) is 12.3 Å². The first-order valence-electron chi connectivity index (χ1n) is 7.93. The van der Waals surface area contributed by atoms with Gasteiger partial charge in [-0.05, 0) is 37.6 Å². The lowest BCUT2D eigenvalue weighted by Gasteiger charge is -2.11. The van der Waals surface area contributed by atoms with Crippen LogP contribution in [0.25, 0.3) is 6.08 Å². The molecular weight excluding hydrogens is 340 g/mol. The van der Waals surface area contributed by atoms with E-state index in [1.54, 1.807) is 19.1 Å². The summed E-state index contributed by atoms with van der Waals surface area (Å²) in [7, 11) is -3.59. The molecule has 0 fully saturated rings. The highest BCUT2D eigenvalue weighted by atomic mass is 32.2. The van der Waals surface area contributed by atoms with Gasteiger partial charge in [-0.1, -0.05) is 29.8 Å². The van der Waals surface area contributed by atoms with Gasteiger partial charge in [-0.15, -0.1) is 0 Å². The molecule has 0 saturated carbocycles. The van der Waals surface area contributed by atoms with Gasteiger partial charge < -0.3 is 9.73 Å². The van der Waals surface area contributed by atoms with E-state index >= 15 is 0 Å². The number of amides is 1. The SMILES string of the molecule is Cc1ccc(/C=C/S(=O)(=O)NCCC(=O)N[C@@H](C)c2ccco2)cc1. The summed E-state index contributed by atoms with van der Waals surface area (Å²) in [6.07, 6.45) is 3.09. The van der Waals surface area contributed by atoms with E-state index in [4.69, 9.17) is 4.42 Å². The molecule has 0 spiro atoms. The molecule has 0 bridgehead atoms.